The number of esters is 1. The van der Waals surface area contributed by atoms with E-state index in [1.54, 1.807) is 30.3 Å². The number of carbonyl (C=O) groups excluding carboxylic acids is 3. The molecular weight excluding hydrogens is 454 g/mol. The zero-order valence-corrected chi connectivity index (χ0v) is 19.0. The number of rotatable bonds is 9. The number of hydrogen-bond donors (Lipinski definition) is 1. The number of thiophene rings is 1. The number of hydrogen-bond acceptors (Lipinski definition) is 8. The van der Waals surface area contributed by atoms with E-state index in [1.165, 1.54) is 49.6 Å². The Kier molecular flexibility index (Phi) is 7.26. The molecule has 2 heterocycles. The standard InChI is InChI=1S/C22H21NO7S2/c1-14(20(25)19-9-8-17(31-19)12-23-15(2)24)30-22(26)21-16(10-11-29-21)13-32(27,28)18-6-4-3-5-7-18/h3-11,14H,12-13H2,1-2H3,(H,23,24). The number of ether oxygens (including phenoxy) is 1. The summed E-state index contributed by atoms with van der Waals surface area (Å²) in [4.78, 5) is 37.5. The SMILES string of the molecule is CC(=O)NCc1ccc(C(=O)C(C)OC(=O)c2occc2CS(=O)(=O)c2ccccc2)s1. The molecule has 1 aromatic carbocycles. The number of furan rings is 1. The van der Waals surface area contributed by atoms with Crippen molar-refractivity contribution in [3.8, 4) is 0 Å². The number of nitrogens with one attached hydrogen (secondary N) is 1. The van der Waals surface area contributed by atoms with Crippen LogP contribution in [0.15, 0.2) is 64.1 Å². The third-order valence-electron chi connectivity index (χ3n) is 4.45. The third-order valence-corrected chi connectivity index (χ3v) is 7.23. The molecule has 1 N–H and O–H groups in total. The zero-order valence-electron chi connectivity index (χ0n) is 17.4. The summed E-state index contributed by atoms with van der Waals surface area (Å²) in [6.45, 7) is 3.12. The topological polar surface area (TPSA) is 120 Å². The van der Waals surface area contributed by atoms with Crippen molar-refractivity contribution in [2.24, 2.45) is 0 Å². The average Bonchev–Trinajstić information content (AvgIpc) is 3.41. The summed E-state index contributed by atoms with van der Waals surface area (Å²) < 4.78 is 35.6. The molecule has 0 aliphatic rings. The van der Waals surface area contributed by atoms with E-state index >= 15 is 0 Å². The Balaban J connectivity index is 1.67. The van der Waals surface area contributed by atoms with Crippen molar-refractivity contribution >= 4 is 38.8 Å². The maximum Gasteiger partial charge on any atom is 0.375 e. The van der Waals surface area contributed by atoms with Gasteiger partial charge in [0.2, 0.25) is 17.5 Å². The molecule has 32 heavy (non-hydrogen) atoms. The van der Waals surface area contributed by atoms with Crippen LogP contribution in [0.5, 0.6) is 0 Å². The van der Waals surface area contributed by atoms with Crippen LogP contribution in [-0.4, -0.2) is 32.2 Å². The summed E-state index contributed by atoms with van der Waals surface area (Å²) >= 11 is 1.19. The maximum absolute atomic E-state index is 12.6. The van der Waals surface area contributed by atoms with E-state index in [4.69, 9.17) is 9.15 Å². The van der Waals surface area contributed by atoms with Crippen LogP contribution in [0.2, 0.25) is 0 Å². The largest absolute Gasteiger partial charge is 0.457 e. The highest BCUT2D eigenvalue weighted by atomic mass is 32.2. The number of amides is 1. The van der Waals surface area contributed by atoms with Gasteiger partial charge in [-0.05, 0) is 37.3 Å². The molecule has 1 atom stereocenters. The molecule has 0 saturated carbocycles. The molecule has 3 rings (SSSR count). The Labute approximate surface area is 189 Å². The van der Waals surface area contributed by atoms with E-state index in [0.29, 0.717) is 11.4 Å². The van der Waals surface area contributed by atoms with Crippen LogP contribution < -0.4 is 5.32 Å². The van der Waals surface area contributed by atoms with Gasteiger partial charge in [0.25, 0.3) is 0 Å². The second-order valence-corrected chi connectivity index (χ2v) is 10.1. The molecule has 3 aromatic rings. The van der Waals surface area contributed by atoms with Crippen molar-refractivity contribution in [2.75, 3.05) is 0 Å². The predicted molar refractivity (Wildman–Crippen MR) is 117 cm³/mol. The van der Waals surface area contributed by atoms with E-state index in [0.717, 1.165) is 4.88 Å². The molecule has 0 aliphatic heterocycles. The summed E-state index contributed by atoms with van der Waals surface area (Å²) in [6.07, 6.45) is 0.0883. The van der Waals surface area contributed by atoms with Gasteiger partial charge in [0.15, 0.2) is 15.9 Å². The molecule has 0 fully saturated rings. The first kappa shape index (κ1) is 23.4. The highest BCUT2D eigenvalue weighted by Gasteiger charge is 2.27. The Morgan fingerprint density at radius 2 is 1.81 bits per heavy atom. The smallest absolute Gasteiger partial charge is 0.375 e. The monoisotopic (exact) mass is 475 g/mol. The number of carbonyl (C=O) groups is 3. The first-order valence-electron chi connectivity index (χ1n) is 9.60. The lowest BCUT2D eigenvalue weighted by molar-refractivity contribution is -0.119. The van der Waals surface area contributed by atoms with E-state index in [-0.39, 0.29) is 22.1 Å². The van der Waals surface area contributed by atoms with Crippen molar-refractivity contribution in [2.45, 2.75) is 37.1 Å². The van der Waals surface area contributed by atoms with Crippen molar-refractivity contribution in [3.63, 3.8) is 0 Å². The fourth-order valence-corrected chi connectivity index (χ4v) is 5.17. The van der Waals surface area contributed by atoms with Gasteiger partial charge in [0.05, 0.1) is 28.3 Å². The highest BCUT2D eigenvalue weighted by molar-refractivity contribution is 7.90. The van der Waals surface area contributed by atoms with E-state index < -0.39 is 33.4 Å². The van der Waals surface area contributed by atoms with Crippen LogP contribution in [-0.2, 0) is 31.7 Å². The predicted octanol–water partition coefficient (Wildman–Crippen LogP) is 3.38. The molecule has 168 valence electrons. The van der Waals surface area contributed by atoms with E-state index in [1.807, 2.05) is 0 Å². The summed E-state index contributed by atoms with van der Waals surface area (Å²) in [5, 5.41) is 2.64. The van der Waals surface area contributed by atoms with Crippen molar-refractivity contribution in [3.05, 3.63) is 75.9 Å². The summed E-state index contributed by atoms with van der Waals surface area (Å²) in [6, 6.07) is 12.5. The van der Waals surface area contributed by atoms with Crippen molar-refractivity contribution in [1.29, 1.82) is 0 Å². The van der Waals surface area contributed by atoms with Gasteiger partial charge >= 0.3 is 5.97 Å². The van der Waals surface area contributed by atoms with Gasteiger partial charge in [-0.2, -0.15) is 0 Å². The van der Waals surface area contributed by atoms with Gasteiger partial charge in [0.1, 0.15) is 0 Å². The Bertz CT molecular complexity index is 1230. The minimum absolute atomic E-state index is 0.122. The fourth-order valence-electron chi connectivity index (χ4n) is 2.83. The molecule has 0 spiro atoms. The molecule has 0 saturated heterocycles. The average molecular weight is 476 g/mol. The van der Waals surface area contributed by atoms with Crippen molar-refractivity contribution < 1.29 is 32.0 Å². The van der Waals surface area contributed by atoms with Gasteiger partial charge in [-0.3, -0.25) is 9.59 Å². The fraction of sp³-hybridized carbons (Fsp3) is 0.227. The molecule has 0 radical (unpaired) electrons. The first-order chi connectivity index (χ1) is 15.2. The first-order valence-corrected chi connectivity index (χ1v) is 12.1. The lowest BCUT2D eigenvalue weighted by Crippen LogP contribution is -2.24. The van der Waals surface area contributed by atoms with E-state index in [9.17, 15) is 22.8 Å². The summed E-state index contributed by atoms with van der Waals surface area (Å²) in [5.41, 5.74) is 0.146. The lowest BCUT2D eigenvalue weighted by Gasteiger charge is -2.11. The second-order valence-electron chi connectivity index (χ2n) is 6.93. The van der Waals surface area contributed by atoms with Crippen LogP contribution in [0.3, 0.4) is 0 Å². The van der Waals surface area contributed by atoms with Crippen molar-refractivity contribution in [1.82, 2.24) is 5.32 Å². The zero-order chi connectivity index (χ0) is 23.3. The molecule has 8 nitrogen and oxygen atoms in total. The quantitative estimate of drug-likeness (QED) is 0.372. The molecule has 1 amide bonds. The number of benzene rings is 1. The number of sulfone groups is 1. The van der Waals surface area contributed by atoms with Crippen LogP contribution >= 0.6 is 11.3 Å². The van der Waals surface area contributed by atoms with E-state index in [2.05, 4.69) is 5.32 Å². The second kappa shape index (κ2) is 9.92. The molecule has 2 aromatic heterocycles. The van der Waals surface area contributed by atoms with Gasteiger partial charge in [0, 0.05) is 17.4 Å². The number of Topliss-reactive ketones (excluding diaryl/α,β-unsaturated/α-hetero) is 1. The highest BCUT2D eigenvalue weighted by Crippen LogP contribution is 2.23. The molecule has 10 heteroatoms. The van der Waals surface area contributed by atoms with Crippen LogP contribution in [0.1, 0.15) is 44.5 Å². The minimum Gasteiger partial charge on any atom is -0.457 e. The Hall–Kier alpha value is -3.24. The molecular formula is C22H21NO7S2. The van der Waals surface area contributed by atoms with Crippen LogP contribution in [0, 0.1) is 0 Å². The molecule has 0 aliphatic carbocycles. The summed E-state index contributed by atoms with van der Waals surface area (Å²) in [7, 11) is -3.70. The van der Waals surface area contributed by atoms with Crippen LogP contribution in [0.4, 0.5) is 0 Å². The normalized spacial score (nSPS) is 12.2. The number of ketones is 1. The Morgan fingerprint density at radius 3 is 2.50 bits per heavy atom. The summed E-state index contributed by atoms with van der Waals surface area (Å²) in [5.74, 6) is -2.23. The minimum atomic E-state index is -3.70. The molecule has 1 unspecified atom stereocenters. The maximum atomic E-state index is 12.6. The third kappa shape index (κ3) is 5.71. The van der Waals surface area contributed by atoms with Gasteiger partial charge in [-0.1, -0.05) is 18.2 Å². The Morgan fingerprint density at radius 1 is 1.09 bits per heavy atom. The van der Waals surface area contributed by atoms with Gasteiger partial charge in [-0.25, -0.2) is 13.2 Å². The lowest BCUT2D eigenvalue weighted by atomic mass is 10.2. The molecule has 0 bridgehead atoms. The van der Waals surface area contributed by atoms with Gasteiger partial charge < -0.3 is 14.5 Å². The van der Waals surface area contributed by atoms with Crippen LogP contribution in [0.25, 0.3) is 0 Å². The van der Waals surface area contributed by atoms with Gasteiger partial charge in [-0.15, -0.1) is 11.3 Å².